The lowest BCUT2D eigenvalue weighted by Crippen LogP contribution is -2.38. The Hall–Kier alpha value is -0.520. The van der Waals surface area contributed by atoms with Crippen molar-refractivity contribution in [3.63, 3.8) is 0 Å². The van der Waals surface area contributed by atoms with Crippen molar-refractivity contribution in [2.45, 2.75) is 26.3 Å². The second-order valence-electron chi connectivity index (χ2n) is 3.21. The fourth-order valence-electron chi connectivity index (χ4n) is 0.996. The van der Waals surface area contributed by atoms with Gasteiger partial charge in [0.2, 0.25) is 0 Å². The maximum Gasteiger partial charge on any atom is 0.0618 e. The summed E-state index contributed by atoms with van der Waals surface area (Å²) in [5, 5.41) is 3.35. The molecule has 0 aliphatic rings. The molecule has 0 amide bonds. The molecule has 0 rings (SSSR count). The molecule has 0 spiro atoms. The van der Waals surface area contributed by atoms with E-state index < -0.39 is 0 Å². The van der Waals surface area contributed by atoms with Gasteiger partial charge < -0.3 is 10.1 Å². The second kappa shape index (κ2) is 7.15. The van der Waals surface area contributed by atoms with Crippen LogP contribution in [-0.2, 0) is 4.74 Å². The molecule has 0 saturated heterocycles. The largest absolute Gasteiger partial charge is 0.383 e. The normalized spacial score (nSPS) is 12.9. The van der Waals surface area contributed by atoms with E-state index in [-0.39, 0.29) is 0 Å². The summed E-state index contributed by atoms with van der Waals surface area (Å²) in [5.41, 5.74) is 0. The fourth-order valence-corrected chi connectivity index (χ4v) is 0.996. The van der Waals surface area contributed by atoms with Gasteiger partial charge in [0.15, 0.2) is 0 Å². The maximum absolute atomic E-state index is 5.14. The minimum absolute atomic E-state index is 0.420. The van der Waals surface area contributed by atoms with Crippen LogP contribution >= 0.6 is 0 Å². The molecule has 2 nitrogen and oxygen atoms in total. The Balaban J connectivity index is 3.57. The van der Waals surface area contributed by atoms with Gasteiger partial charge in [0.25, 0.3) is 0 Å². The first-order valence-corrected chi connectivity index (χ1v) is 4.38. The Bertz CT molecular complexity index is 137. The van der Waals surface area contributed by atoms with Gasteiger partial charge in [-0.2, -0.15) is 0 Å². The highest BCUT2D eigenvalue weighted by atomic mass is 16.5. The van der Waals surface area contributed by atoms with Gasteiger partial charge in [0.1, 0.15) is 0 Å². The van der Waals surface area contributed by atoms with Crippen molar-refractivity contribution in [3.8, 4) is 12.3 Å². The van der Waals surface area contributed by atoms with E-state index in [2.05, 4.69) is 25.1 Å². The Morgan fingerprint density at radius 2 is 2.17 bits per heavy atom. The minimum atomic E-state index is 0.420. The summed E-state index contributed by atoms with van der Waals surface area (Å²) in [4.78, 5) is 0. The molecule has 2 heteroatoms. The summed E-state index contributed by atoms with van der Waals surface area (Å²) < 4.78 is 5.08. The monoisotopic (exact) mass is 169 g/mol. The van der Waals surface area contributed by atoms with E-state index in [0.29, 0.717) is 12.0 Å². The number of rotatable bonds is 6. The standard InChI is InChI=1S/C10H19NO/c1-5-6-7-11-10(8-12-4)9(2)3/h1,9-11H,6-8H2,2-4H3. The van der Waals surface area contributed by atoms with Crippen molar-refractivity contribution in [1.82, 2.24) is 5.32 Å². The van der Waals surface area contributed by atoms with Gasteiger partial charge in [-0.25, -0.2) is 0 Å². The van der Waals surface area contributed by atoms with E-state index in [1.807, 2.05) is 0 Å². The highest BCUT2D eigenvalue weighted by Gasteiger charge is 2.10. The lowest BCUT2D eigenvalue weighted by molar-refractivity contribution is 0.148. The van der Waals surface area contributed by atoms with Crippen molar-refractivity contribution in [2.24, 2.45) is 5.92 Å². The van der Waals surface area contributed by atoms with Crippen molar-refractivity contribution >= 4 is 0 Å². The quantitative estimate of drug-likeness (QED) is 0.477. The van der Waals surface area contributed by atoms with Crippen molar-refractivity contribution < 1.29 is 4.74 Å². The van der Waals surface area contributed by atoms with Gasteiger partial charge >= 0.3 is 0 Å². The average molecular weight is 169 g/mol. The van der Waals surface area contributed by atoms with Crippen LogP contribution in [0.3, 0.4) is 0 Å². The van der Waals surface area contributed by atoms with Crippen LogP contribution in [0.25, 0.3) is 0 Å². The second-order valence-corrected chi connectivity index (χ2v) is 3.21. The van der Waals surface area contributed by atoms with Gasteiger partial charge in [-0.1, -0.05) is 13.8 Å². The topological polar surface area (TPSA) is 21.3 Å². The first-order chi connectivity index (χ1) is 5.72. The molecule has 0 radical (unpaired) electrons. The number of hydrogen-bond acceptors (Lipinski definition) is 2. The minimum Gasteiger partial charge on any atom is -0.383 e. The Morgan fingerprint density at radius 1 is 1.50 bits per heavy atom. The zero-order chi connectivity index (χ0) is 9.40. The highest BCUT2D eigenvalue weighted by Crippen LogP contribution is 2.01. The molecule has 0 saturated carbocycles. The molecule has 0 aromatic heterocycles. The fraction of sp³-hybridized carbons (Fsp3) is 0.800. The van der Waals surface area contributed by atoms with Crippen LogP contribution in [0.15, 0.2) is 0 Å². The lowest BCUT2D eigenvalue weighted by Gasteiger charge is -2.20. The van der Waals surface area contributed by atoms with E-state index in [4.69, 9.17) is 11.2 Å². The Labute approximate surface area is 75.7 Å². The maximum atomic E-state index is 5.14. The smallest absolute Gasteiger partial charge is 0.0618 e. The third kappa shape index (κ3) is 5.17. The number of nitrogens with one attached hydrogen (secondary N) is 1. The van der Waals surface area contributed by atoms with Crippen LogP contribution in [-0.4, -0.2) is 26.3 Å². The van der Waals surface area contributed by atoms with Gasteiger partial charge in [-0.15, -0.1) is 12.3 Å². The Kier molecular flexibility index (Phi) is 6.84. The lowest BCUT2D eigenvalue weighted by atomic mass is 10.1. The molecule has 70 valence electrons. The van der Waals surface area contributed by atoms with E-state index in [1.165, 1.54) is 0 Å². The molecule has 0 aliphatic carbocycles. The summed E-state index contributed by atoms with van der Waals surface area (Å²) >= 11 is 0. The molecule has 12 heavy (non-hydrogen) atoms. The van der Waals surface area contributed by atoms with Crippen LogP contribution in [0.2, 0.25) is 0 Å². The van der Waals surface area contributed by atoms with Gasteiger partial charge in [-0.05, 0) is 5.92 Å². The molecule has 0 aliphatic heterocycles. The molecular formula is C10H19NO. The first-order valence-electron chi connectivity index (χ1n) is 4.38. The number of methoxy groups -OCH3 is 1. The summed E-state index contributed by atoms with van der Waals surface area (Å²) in [5.74, 6) is 3.19. The van der Waals surface area contributed by atoms with Gasteiger partial charge in [0.05, 0.1) is 6.61 Å². The number of ether oxygens (including phenoxy) is 1. The third-order valence-electron chi connectivity index (χ3n) is 1.83. The highest BCUT2D eigenvalue weighted by molar-refractivity contribution is 4.85. The van der Waals surface area contributed by atoms with E-state index in [1.54, 1.807) is 7.11 Å². The summed E-state index contributed by atoms with van der Waals surface area (Å²) in [6.45, 7) is 5.98. The predicted molar refractivity (Wildman–Crippen MR) is 52.0 cm³/mol. The van der Waals surface area contributed by atoms with Crippen LogP contribution in [0, 0.1) is 18.3 Å². The summed E-state index contributed by atoms with van der Waals surface area (Å²) in [7, 11) is 1.72. The van der Waals surface area contributed by atoms with E-state index >= 15 is 0 Å². The Morgan fingerprint density at radius 3 is 2.58 bits per heavy atom. The molecule has 0 aromatic rings. The van der Waals surface area contributed by atoms with Crippen LogP contribution < -0.4 is 5.32 Å². The summed E-state index contributed by atoms with van der Waals surface area (Å²) in [6, 6.07) is 0.420. The van der Waals surface area contributed by atoms with Crippen LogP contribution in [0.1, 0.15) is 20.3 Å². The molecule has 0 aromatic carbocycles. The molecule has 1 N–H and O–H groups in total. The molecule has 1 atom stereocenters. The van der Waals surface area contributed by atoms with Crippen molar-refractivity contribution in [2.75, 3.05) is 20.3 Å². The molecule has 0 fully saturated rings. The molecule has 1 unspecified atom stereocenters. The zero-order valence-electron chi connectivity index (χ0n) is 8.26. The van der Waals surface area contributed by atoms with E-state index in [0.717, 1.165) is 19.6 Å². The molecule has 0 bridgehead atoms. The summed E-state index contributed by atoms with van der Waals surface area (Å²) in [6.07, 6.45) is 5.93. The predicted octanol–water partition coefficient (Wildman–Crippen LogP) is 1.27. The van der Waals surface area contributed by atoms with Crippen molar-refractivity contribution in [3.05, 3.63) is 0 Å². The van der Waals surface area contributed by atoms with Gasteiger partial charge in [-0.3, -0.25) is 0 Å². The average Bonchev–Trinajstić information content (AvgIpc) is 2.03. The van der Waals surface area contributed by atoms with Crippen LogP contribution in [0.4, 0.5) is 0 Å². The van der Waals surface area contributed by atoms with Crippen LogP contribution in [0.5, 0.6) is 0 Å². The van der Waals surface area contributed by atoms with Crippen molar-refractivity contribution in [1.29, 1.82) is 0 Å². The first kappa shape index (κ1) is 11.5. The molecular weight excluding hydrogens is 150 g/mol. The third-order valence-corrected chi connectivity index (χ3v) is 1.83. The number of hydrogen-bond donors (Lipinski definition) is 1. The zero-order valence-corrected chi connectivity index (χ0v) is 8.26. The SMILES string of the molecule is C#CCCNC(COC)C(C)C. The molecule has 0 heterocycles. The number of terminal acetylenes is 1. The van der Waals surface area contributed by atoms with E-state index in [9.17, 15) is 0 Å². The van der Waals surface area contributed by atoms with Gasteiger partial charge in [0, 0.05) is 26.1 Å².